The van der Waals surface area contributed by atoms with E-state index in [1.54, 1.807) is 43.0 Å². The Morgan fingerprint density at radius 2 is 2.15 bits per heavy atom. The molecule has 3 heterocycles. The van der Waals surface area contributed by atoms with Gasteiger partial charge in [-0.1, -0.05) is 6.07 Å². The predicted octanol–water partition coefficient (Wildman–Crippen LogP) is 2.48. The molecule has 0 amide bonds. The lowest BCUT2D eigenvalue weighted by molar-refractivity contribution is -0.0000410. The first-order chi connectivity index (χ1) is 13.0. The highest BCUT2D eigenvalue weighted by atomic mass is 32.2. The number of benzene rings is 1. The Kier molecular flexibility index (Phi) is 4.71. The van der Waals surface area contributed by atoms with Gasteiger partial charge in [-0.3, -0.25) is 4.98 Å². The summed E-state index contributed by atoms with van der Waals surface area (Å²) in [6.07, 6.45) is 6.20. The van der Waals surface area contributed by atoms with E-state index in [4.69, 9.17) is 4.74 Å². The van der Waals surface area contributed by atoms with Crippen molar-refractivity contribution in [3.8, 4) is 0 Å². The first kappa shape index (κ1) is 18.1. The minimum Gasteiger partial charge on any atom is -0.372 e. The standard InChI is InChI=1S/C19H22N4O3S/c1-13-5-6-18(15-4-3-8-21-19(13)15)27(24,25)22-14-7-9-26-17(10-14)16-11-20-12-23(16)2/h3-6,8,11-12,14,17,22H,7,9-10H2,1-2H3. The highest BCUT2D eigenvalue weighted by molar-refractivity contribution is 7.89. The Labute approximate surface area is 158 Å². The van der Waals surface area contributed by atoms with Crippen molar-refractivity contribution in [1.82, 2.24) is 19.3 Å². The molecule has 1 N–H and O–H groups in total. The van der Waals surface area contributed by atoms with Crippen LogP contribution in [0.4, 0.5) is 0 Å². The van der Waals surface area contributed by atoms with Gasteiger partial charge in [-0.2, -0.15) is 0 Å². The molecule has 1 aromatic carbocycles. The molecule has 7 nitrogen and oxygen atoms in total. The van der Waals surface area contributed by atoms with Gasteiger partial charge in [0.1, 0.15) is 6.10 Å². The molecule has 0 bridgehead atoms. The van der Waals surface area contributed by atoms with Crippen LogP contribution in [-0.2, 0) is 21.8 Å². The molecule has 0 aliphatic carbocycles. The summed E-state index contributed by atoms with van der Waals surface area (Å²) >= 11 is 0. The van der Waals surface area contributed by atoms with Crippen LogP contribution < -0.4 is 4.72 Å². The van der Waals surface area contributed by atoms with Crippen molar-refractivity contribution in [2.24, 2.45) is 7.05 Å². The second-order valence-electron chi connectivity index (χ2n) is 6.91. The number of fused-ring (bicyclic) bond motifs is 1. The van der Waals surface area contributed by atoms with Gasteiger partial charge in [0.2, 0.25) is 10.0 Å². The Balaban J connectivity index is 1.61. The zero-order valence-corrected chi connectivity index (χ0v) is 16.1. The average molecular weight is 386 g/mol. The fraction of sp³-hybridized carbons (Fsp3) is 0.368. The molecule has 1 aliphatic rings. The van der Waals surface area contributed by atoms with Crippen LogP contribution in [0.2, 0.25) is 0 Å². The summed E-state index contributed by atoms with van der Waals surface area (Å²) in [5.41, 5.74) is 2.61. The van der Waals surface area contributed by atoms with E-state index in [0.29, 0.717) is 30.4 Å². The molecule has 0 radical (unpaired) electrons. The molecule has 0 spiro atoms. The summed E-state index contributed by atoms with van der Waals surface area (Å²) in [6, 6.07) is 6.81. The number of aryl methyl sites for hydroxylation is 2. The van der Waals surface area contributed by atoms with Gasteiger partial charge in [-0.15, -0.1) is 0 Å². The molecule has 4 rings (SSSR count). The summed E-state index contributed by atoms with van der Waals surface area (Å²) in [5.74, 6) is 0. The first-order valence-corrected chi connectivity index (χ1v) is 10.4. The number of nitrogens with zero attached hydrogens (tertiary/aromatic N) is 3. The third kappa shape index (κ3) is 3.47. The zero-order valence-electron chi connectivity index (χ0n) is 15.3. The minimum absolute atomic E-state index is 0.171. The number of imidazole rings is 1. The van der Waals surface area contributed by atoms with Crippen molar-refractivity contribution >= 4 is 20.9 Å². The highest BCUT2D eigenvalue weighted by Crippen LogP contribution is 2.30. The van der Waals surface area contributed by atoms with Gasteiger partial charge in [0.15, 0.2) is 0 Å². The van der Waals surface area contributed by atoms with Gasteiger partial charge in [-0.25, -0.2) is 18.1 Å². The normalized spacial score (nSPS) is 20.8. The molecule has 1 saturated heterocycles. The van der Waals surface area contributed by atoms with Crippen LogP contribution in [0.3, 0.4) is 0 Å². The lowest BCUT2D eigenvalue weighted by Crippen LogP contribution is -2.40. The number of ether oxygens (including phenoxy) is 1. The van der Waals surface area contributed by atoms with Gasteiger partial charge < -0.3 is 9.30 Å². The van der Waals surface area contributed by atoms with Crippen molar-refractivity contribution in [1.29, 1.82) is 0 Å². The molecule has 1 aliphatic heterocycles. The van der Waals surface area contributed by atoms with Gasteiger partial charge in [0, 0.05) is 31.3 Å². The summed E-state index contributed by atoms with van der Waals surface area (Å²) < 4.78 is 36.8. The second kappa shape index (κ2) is 7.03. The van der Waals surface area contributed by atoms with E-state index >= 15 is 0 Å². The summed E-state index contributed by atoms with van der Waals surface area (Å²) in [6.45, 7) is 2.43. The Morgan fingerprint density at radius 1 is 1.30 bits per heavy atom. The second-order valence-corrected chi connectivity index (χ2v) is 8.59. The third-order valence-electron chi connectivity index (χ3n) is 5.01. The number of nitrogens with one attached hydrogen (secondary N) is 1. The number of pyridine rings is 1. The maximum atomic E-state index is 13.1. The van der Waals surface area contributed by atoms with Gasteiger partial charge in [-0.05, 0) is 43.5 Å². The van der Waals surface area contributed by atoms with Crippen molar-refractivity contribution in [2.75, 3.05) is 6.61 Å². The Morgan fingerprint density at radius 3 is 2.93 bits per heavy atom. The number of aromatic nitrogens is 3. The van der Waals surface area contributed by atoms with Crippen LogP contribution >= 0.6 is 0 Å². The van der Waals surface area contributed by atoms with E-state index < -0.39 is 10.0 Å². The van der Waals surface area contributed by atoms with Crippen molar-refractivity contribution in [3.63, 3.8) is 0 Å². The fourth-order valence-electron chi connectivity index (χ4n) is 3.59. The van der Waals surface area contributed by atoms with Crippen molar-refractivity contribution in [3.05, 3.63) is 54.2 Å². The predicted molar refractivity (Wildman–Crippen MR) is 102 cm³/mol. The number of sulfonamides is 1. The van der Waals surface area contributed by atoms with Crippen LogP contribution in [0, 0.1) is 6.92 Å². The van der Waals surface area contributed by atoms with Crippen molar-refractivity contribution in [2.45, 2.75) is 36.8 Å². The zero-order chi connectivity index (χ0) is 19.0. The van der Waals surface area contributed by atoms with E-state index in [-0.39, 0.29) is 17.0 Å². The molecular weight excluding hydrogens is 364 g/mol. The minimum atomic E-state index is -3.67. The first-order valence-electron chi connectivity index (χ1n) is 8.90. The molecule has 3 aromatic rings. The molecular formula is C19H22N4O3S. The number of rotatable bonds is 4. The number of hydrogen-bond acceptors (Lipinski definition) is 5. The summed E-state index contributed by atoms with van der Waals surface area (Å²) in [4.78, 5) is 8.72. The molecule has 8 heteroatoms. The molecule has 1 fully saturated rings. The molecule has 0 saturated carbocycles. The van der Waals surface area contributed by atoms with Gasteiger partial charge >= 0.3 is 0 Å². The molecule has 2 unspecified atom stereocenters. The molecule has 2 aromatic heterocycles. The van der Waals surface area contributed by atoms with Crippen LogP contribution in [0.5, 0.6) is 0 Å². The summed E-state index contributed by atoms with van der Waals surface area (Å²) in [7, 11) is -1.77. The Bertz CT molecular complexity index is 1080. The highest BCUT2D eigenvalue weighted by Gasteiger charge is 2.30. The van der Waals surface area contributed by atoms with Crippen LogP contribution in [0.25, 0.3) is 10.9 Å². The van der Waals surface area contributed by atoms with Crippen molar-refractivity contribution < 1.29 is 13.2 Å². The lowest BCUT2D eigenvalue weighted by atomic mass is 10.0. The largest absolute Gasteiger partial charge is 0.372 e. The molecule has 2 atom stereocenters. The lowest BCUT2D eigenvalue weighted by Gasteiger charge is -2.30. The van der Waals surface area contributed by atoms with E-state index in [1.807, 2.05) is 18.5 Å². The average Bonchev–Trinajstić information content (AvgIpc) is 3.08. The van der Waals surface area contributed by atoms with Crippen LogP contribution in [0.15, 0.2) is 47.9 Å². The van der Waals surface area contributed by atoms with E-state index in [0.717, 1.165) is 11.3 Å². The van der Waals surface area contributed by atoms with Gasteiger partial charge in [0.25, 0.3) is 0 Å². The monoisotopic (exact) mass is 386 g/mol. The maximum Gasteiger partial charge on any atom is 0.241 e. The molecule has 27 heavy (non-hydrogen) atoms. The Hall–Kier alpha value is -2.29. The summed E-state index contributed by atoms with van der Waals surface area (Å²) in [5, 5.41) is 0.639. The fourth-order valence-corrected chi connectivity index (χ4v) is 5.07. The van der Waals surface area contributed by atoms with Crippen LogP contribution in [-0.4, -0.2) is 35.6 Å². The van der Waals surface area contributed by atoms with E-state index in [9.17, 15) is 8.42 Å². The third-order valence-corrected chi connectivity index (χ3v) is 6.59. The van der Waals surface area contributed by atoms with E-state index in [2.05, 4.69) is 14.7 Å². The van der Waals surface area contributed by atoms with Crippen LogP contribution in [0.1, 0.15) is 30.2 Å². The smallest absolute Gasteiger partial charge is 0.241 e. The quantitative estimate of drug-likeness (QED) is 0.744. The SMILES string of the molecule is Cc1ccc(S(=O)(=O)NC2CCOC(c3cncn3C)C2)c2cccnc12. The molecule has 142 valence electrons. The topological polar surface area (TPSA) is 86.1 Å². The number of hydrogen-bond donors (Lipinski definition) is 1. The van der Waals surface area contributed by atoms with Gasteiger partial charge in [0.05, 0.1) is 28.6 Å². The maximum absolute atomic E-state index is 13.1. The van der Waals surface area contributed by atoms with E-state index in [1.165, 1.54) is 0 Å².